The Balaban J connectivity index is 0.00000405. The maximum atomic E-state index is 13.6. The standard InChI is InChI=1S/C31H36N8O2.ClH/c1-19-5-12-25(33)17-27(19)24-4-2-3-21(15-24)16-28(35-30(40)23-8-6-20(18-32)7-9-23)31(41)34-26-13-10-22(11-14-26)29-36-38-39-37-29;/h2-5,10-15,17,20,23,28H,6-9,16,18,32-33H2,1H3,(H,34,41)(H,35,40)(H,36,37,38,39);1H/t20?,23?,28-;/m0./s1. The number of nitrogens with one attached hydrogen (secondary N) is 3. The molecule has 10 nitrogen and oxygen atoms in total. The second-order valence-corrected chi connectivity index (χ2v) is 10.8. The Bertz CT molecular complexity index is 1490. The average Bonchev–Trinajstić information content (AvgIpc) is 3.54. The lowest BCUT2D eigenvalue weighted by atomic mass is 9.81. The Labute approximate surface area is 251 Å². The van der Waals surface area contributed by atoms with E-state index in [0.717, 1.165) is 53.5 Å². The number of anilines is 2. The Morgan fingerprint density at radius 2 is 1.76 bits per heavy atom. The quantitative estimate of drug-likeness (QED) is 0.182. The van der Waals surface area contributed by atoms with E-state index in [0.29, 0.717) is 36.1 Å². The van der Waals surface area contributed by atoms with Crippen molar-refractivity contribution in [2.24, 2.45) is 17.6 Å². The van der Waals surface area contributed by atoms with Crippen LogP contribution in [-0.4, -0.2) is 45.0 Å². The topological polar surface area (TPSA) is 165 Å². The molecule has 4 aromatic rings. The number of halogens is 1. The number of hydrogen-bond acceptors (Lipinski definition) is 7. The van der Waals surface area contributed by atoms with Gasteiger partial charge in [0.1, 0.15) is 6.04 Å². The maximum Gasteiger partial charge on any atom is 0.247 e. The molecule has 0 saturated heterocycles. The summed E-state index contributed by atoms with van der Waals surface area (Å²) in [6.45, 7) is 2.69. The van der Waals surface area contributed by atoms with Crippen LogP contribution >= 0.6 is 12.4 Å². The number of carbonyl (C=O) groups excluding carboxylic acids is 2. The Morgan fingerprint density at radius 3 is 2.45 bits per heavy atom. The summed E-state index contributed by atoms with van der Waals surface area (Å²) in [4.78, 5) is 26.9. The number of rotatable bonds is 9. The molecule has 3 aromatic carbocycles. The fourth-order valence-electron chi connectivity index (χ4n) is 5.43. The van der Waals surface area contributed by atoms with Crippen LogP contribution in [-0.2, 0) is 16.0 Å². The number of aryl methyl sites for hydroxylation is 1. The normalized spacial score (nSPS) is 17.1. The molecule has 5 rings (SSSR count). The van der Waals surface area contributed by atoms with Crippen LogP contribution in [0.5, 0.6) is 0 Å². The molecule has 1 aliphatic carbocycles. The molecule has 0 unspecified atom stereocenters. The zero-order chi connectivity index (χ0) is 28.8. The van der Waals surface area contributed by atoms with Crippen LogP contribution in [0, 0.1) is 18.8 Å². The summed E-state index contributed by atoms with van der Waals surface area (Å²) in [6.07, 6.45) is 3.76. The van der Waals surface area contributed by atoms with Gasteiger partial charge in [-0.15, -0.1) is 22.6 Å². The largest absolute Gasteiger partial charge is 0.399 e. The van der Waals surface area contributed by atoms with Gasteiger partial charge in [-0.1, -0.05) is 30.3 Å². The molecular formula is C31H37ClN8O2. The zero-order valence-electron chi connectivity index (χ0n) is 23.5. The van der Waals surface area contributed by atoms with Crippen LogP contribution in [0.4, 0.5) is 11.4 Å². The zero-order valence-corrected chi connectivity index (χ0v) is 24.4. The minimum Gasteiger partial charge on any atom is -0.399 e. The maximum absolute atomic E-state index is 13.6. The highest BCUT2D eigenvalue weighted by Gasteiger charge is 2.29. The Kier molecular flexibility index (Phi) is 10.3. The third-order valence-corrected chi connectivity index (χ3v) is 7.88. The van der Waals surface area contributed by atoms with Gasteiger partial charge in [-0.05, 0) is 109 Å². The lowest BCUT2D eigenvalue weighted by Gasteiger charge is -2.28. The number of hydrogen-bond donors (Lipinski definition) is 5. The first-order valence-electron chi connectivity index (χ1n) is 14.0. The SMILES string of the molecule is Cc1ccc(N)cc1-c1cccc(C[C@H](NC(=O)C2CCC(CN)CC2)C(=O)Nc2ccc(-c3nn[nH]n3)cc2)c1.Cl. The van der Waals surface area contributed by atoms with Crippen molar-refractivity contribution in [2.45, 2.75) is 45.1 Å². The van der Waals surface area contributed by atoms with Crippen LogP contribution in [0.2, 0.25) is 0 Å². The van der Waals surface area contributed by atoms with Crippen LogP contribution in [0.1, 0.15) is 36.8 Å². The summed E-state index contributed by atoms with van der Waals surface area (Å²) in [5.74, 6) is 0.436. The van der Waals surface area contributed by atoms with Crippen molar-refractivity contribution in [3.05, 3.63) is 77.9 Å². The lowest BCUT2D eigenvalue weighted by Crippen LogP contribution is -2.48. The summed E-state index contributed by atoms with van der Waals surface area (Å²) >= 11 is 0. The van der Waals surface area contributed by atoms with E-state index < -0.39 is 6.04 Å². The highest BCUT2D eigenvalue weighted by molar-refractivity contribution is 5.97. The van der Waals surface area contributed by atoms with Crippen molar-refractivity contribution >= 4 is 35.6 Å². The molecular weight excluding hydrogens is 552 g/mol. The highest BCUT2D eigenvalue weighted by Crippen LogP contribution is 2.29. The van der Waals surface area contributed by atoms with E-state index in [1.165, 1.54) is 0 Å². The van der Waals surface area contributed by atoms with Gasteiger partial charge in [-0.2, -0.15) is 5.21 Å². The molecule has 0 bridgehead atoms. The molecule has 1 fully saturated rings. The fraction of sp³-hybridized carbons (Fsp3) is 0.323. The molecule has 0 radical (unpaired) electrons. The van der Waals surface area contributed by atoms with Crippen LogP contribution in [0.25, 0.3) is 22.5 Å². The lowest BCUT2D eigenvalue weighted by molar-refractivity contribution is -0.130. The summed E-state index contributed by atoms with van der Waals surface area (Å²) < 4.78 is 0. The molecule has 1 aromatic heterocycles. The van der Waals surface area contributed by atoms with Crippen molar-refractivity contribution in [3.63, 3.8) is 0 Å². The monoisotopic (exact) mass is 588 g/mol. The van der Waals surface area contributed by atoms with Gasteiger partial charge in [0, 0.05) is 29.3 Å². The molecule has 220 valence electrons. The second-order valence-electron chi connectivity index (χ2n) is 10.8. The molecule has 0 aliphatic heterocycles. The number of nitrogens with two attached hydrogens (primary N) is 2. The minimum atomic E-state index is -0.760. The number of nitrogen functional groups attached to an aromatic ring is 1. The Hall–Kier alpha value is -4.28. The van der Waals surface area contributed by atoms with Gasteiger partial charge in [-0.3, -0.25) is 9.59 Å². The first-order valence-corrected chi connectivity index (χ1v) is 14.0. The van der Waals surface area contributed by atoms with Gasteiger partial charge in [0.2, 0.25) is 17.6 Å². The van der Waals surface area contributed by atoms with Crippen LogP contribution in [0.3, 0.4) is 0 Å². The molecule has 7 N–H and O–H groups in total. The molecule has 1 atom stereocenters. The number of aromatic amines is 1. The van der Waals surface area contributed by atoms with Crippen LogP contribution in [0.15, 0.2) is 66.7 Å². The minimum absolute atomic E-state index is 0. The van der Waals surface area contributed by atoms with Gasteiger partial charge < -0.3 is 22.1 Å². The molecule has 42 heavy (non-hydrogen) atoms. The van der Waals surface area contributed by atoms with Gasteiger partial charge >= 0.3 is 0 Å². The highest BCUT2D eigenvalue weighted by atomic mass is 35.5. The smallest absolute Gasteiger partial charge is 0.247 e. The molecule has 0 spiro atoms. The summed E-state index contributed by atoms with van der Waals surface area (Å²) in [5.41, 5.74) is 18.0. The van der Waals surface area contributed by atoms with E-state index >= 15 is 0 Å². The number of benzene rings is 3. The van der Waals surface area contributed by atoms with E-state index in [4.69, 9.17) is 11.5 Å². The molecule has 2 amide bonds. The third kappa shape index (κ3) is 7.51. The average molecular weight is 589 g/mol. The predicted octanol–water partition coefficient (Wildman–Crippen LogP) is 4.28. The van der Waals surface area contributed by atoms with E-state index in [1.807, 2.05) is 43.3 Å². The van der Waals surface area contributed by atoms with Crippen molar-refractivity contribution in [3.8, 4) is 22.5 Å². The van der Waals surface area contributed by atoms with Gasteiger partial charge in [0.15, 0.2) is 0 Å². The van der Waals surface area contributed by atoms with E-state index in [9.17, 15) is 9.59 Å². The van der Waals surface area contributed by atoms with E-state index in [-0.39, 0.29) is 30.1 Å². The van der Waals surface area contributed by atoms with Crippen LogP contribution < -0.4 is 22.1 Å². The van der Waals surface area contributed by atoms with Crippen molar-refractivity contribution in [1.29, 1.82) is 0 Å². The first kappa shape index (κ1) is 30.7. The third-order valence-electron chi connectivity index (χ3n) is 7.88. The van der Waals surface area contributed by atoms with Gasteiger partial charge in [-0.25, -0.2) is 0 Å². The molecule has 1 saturated carbocycles. The number of aromatic nitrogens is 4. The number of nitrogens with zero attached hydrogens (tertiary/aromatic N) is 3. The second kappa shape index (κ2) is 14.1. The van der Waals surface area contributed by atoms with Gasteiger partial charge in [0.05, 0.1) is 0 Å². The van der Waals surface area contributed by atoms with E-state index in [1.54, 1.807) is 24.3 Å². The fourth-order valence-corrected chi connectivity index (χ4v) is 5.43. The number of carbonyl (C=O) groups is 2. The number of H-pyrrole nitrogens is 1. The van der Waals surface area contributed by atoms with Gasteiger partial charge in [0.25, 0.3) is 0 Å². The number of tetrazole rings is 1. The first-order chi connectivity index (χ1) is 19.9. The summed E-state index contributed by atoms with van der Waals surface area (Å²) in [6, 6.07) is 20.3. The van der Waals surface area contributed by atoms with Crippen molar-refractivity contribution < 1.29 is 9.59 Å². The predicted molar refractivity (Wildman–Crippen MR) is 167 cm³/mol. The summed E-state index contributed by atoms with van der Waals surface area (Å²) in [7, 11) is 0. The van der Waals surface area contributed by atoms with Crippen molar-refractivity contribution in [1.82, 2.24) is 25.9 Å². The molecule has 1 aliphatic rings. The van der Waals surface area contributed by atoms with Crippen molar-refractivity contribution in [2.75, 3.05) is 17.6 Å². The summed E-state index contributed by atoms with van der Waals surface area (Å²) in [5, 5.41) is 20.0. The molecule has 1 heterocycles. The number of amides is 2. The Morgan fingerprint density at radius 1 is 1.00 bits per heavy atom. The molecule has 11 heteroatoms. The van der Waals surface area contributed by atoms with E-state index in [2.05, 4.69) is 37.3 Å².